The summed E-state index contributed by atoms with van der Waals surface area (Å²) in [6.07, 6.45) is 1.87. The third-order valence-corrected chi connectivity index (χ3v) is 8.13. The second kappa shape index (κ2) is 9.24. The number of piperidine rings is 1. The monoisotopic (exact) mass is 511 g/mol. The molecule has 4 aromatic rings. The van der Waals surface area contributed by atoms with Crippen LogP contribution in [0.5, 0.6) is 0 Å². The Kier molecular flexibility index (Phi) is 6.12. The average molecular weight is 512 g/mol. The number of nitrogens with zero attached hydrogens (tertiary/aromatic N) is 7. The maximum absolute atomic E-state index is 13.4. The van der Waals surface area contributed by atoms with Gasteiger partial charge < -0.3 is 14.9 Å². The van der Waals surface area contributed by atoms with Gasteiger partial charge in [0, 0.05) is 25.7 Å². The van der Waals surface area contributed by atoms with E-state index in [0.717, 1.165) is 21.6 Å². The van der Waals surface area contributed by atoms with E-state index in [1.807, 2.05) is 18.9 Å². The lowest BCUT2D eigenvalue weighted by atomic mass is 9.98. The van der Waals surface area contributed by atoms with Crippen LogP contribution in [0.25, 0.3) is 16.2 Å². The predicted molar refractivity (Wildman–Crippen MR) is 133 cm³/mol. The van der Waals surface area contributed by atoms with Crippen LogP contribution in [0.15, 0.2) is 24.3 Å². The largest absolute Gasteiger partial charge is 0.481 e. The molecule has 1 fully saturated rings. The molecule has 1 aliphatic rings. The molecule has 1 saturated heterocycles. The molecule has 0 saturated carbocycles. The van der Waals surface area contributed by atoms with Crippen LogP contribution in [0.4, 0.5) is 20.5 Å². The zero-order valence-corrected chi connectivity index (χ0v) is 20.7. The van der Waals surface area contributed by atoms with Crippen LogP contribution in [0.3, 0.4) is 0 Å². The van der Waals surface area contributed by atoms with Gasteiger partial charge in [0.15, 0.2) is 10.9 Å². The van der Waals surface area contributed by atoms with Crippen molar-refractivity contribution in [1.82, 2.24) is 19.6 Å². The molecule has 3 aromatic heterocycles. The molecule has 1 N–H and O–H groups in total. The zero-order chi connectivity index (χ0) is 24.7. The third kappa shape index (κ3) is 4.21. The van der Waals surface area contributed by atoms with Crippen LogP contribution in [-0.2, 0) is 11.2 Å². The molecule has 1 aliphatic heterocycles. The van der Waals surface area contributed by atoms with Crippen LogP contribution < -0.4 is 9.80 Å². The highest BCUT2D eigenvalue weighted by Gasteiger charge is 2.28. The standard InChI is InChI=1S/C23H22FN7O2S2/c1-3-16-19(29(2)21-27-18(17(12-25)34-21)13-4-6-15(24)7-5-13)31-22(26-16)35-23(28-31)30-10-8-14(9-11-30)20(32)33/h4-7,14H,3,8-11H2,1-2H3,(H,32,33). The van der Waals surface area contributed by atoms with Gasteiger partial charge in [-0.05, 0) is 43.5 Å². The minimum absolute atomic E-state index is 0.307. The topological polar surface area (TPSA) is 111 Å². The SMILES string of the molecule is CCc1nc2sc(N3CCC(C(=O)O)CC3)nn2c1N(C)c1nc(-c2ccc(F)cc2)c(C#N)s1. The zero-order valence-electron chi connectivity index (χ0n) is 19.1. The number of hydrogen-bond donors (Lipinski definition) is 1. The molecule has 180 valence electrons. The number of carbonyl (C=O) groups is 1. The number of benzene rings is 1. The fraction of sp³-hybridized carbons (Fsp3) is 0.348. The van der Waals surface area contributed by atoms with Crippen LogP contribution in [0, 0.1) is 23.1 Å². The van der Waals surface area contributed by atoms with Gasteiger partial charge >= 0.3 is 5.97 Å². The minimum atomic E-state index is -0.740. The van der Waals surface area contributed by atoms with E-state index in [4.69, 9.17) is 15.1 Å². The van der Waals surface area contributed by atoms with E-state index in [1.54, 1.807) is 16.6 Å². The first-order valence-corrected chi connectivity index (χ1v) is 12.8. The van der Waals surface area contributed by atoms with Crippen molar-refractivity contribution in [2.45, 2.75) is 26.2 Å². The van der Waals surface area contributed by atoms with Crippen molar-refractivity contribution in [3.05, 3.63) is 40.7 Å². The summed E-state index contributed by atoms with van der Waals surface area (Å²) in [7, 11) is 1.87. The highest BCUT2D eigenvalue weighted by molar-refractivity contribution is 7.20. The maximum Gasteiger partial charge on any atom is 0.306 e. The summed E-state index contributed by atoms with van der Waals surface area (Å²) in [4.78, 5) is 26.0. The number of nitriles is 1. The summed E-state index contributed by atoms with van der Waals surface area (Å²) >= 11 is 2.73. The van der Waals surface area contributed by atoms with Crippen molar-refractivity contribution in [3.8, 4) is 17.3 Å². The lowest BCUT2D eigenvalue weighted by molar-refractivity contribution is -0.142. The average Bonchev–Trinajstić information content (AvgIpc) is 3.56. The van der Waals surface area contributed by atoms with Gasteiger partial charge in [0.2, 0.25) is 10.1 Å². The predicted octanol–water partition coefficient (Wildman–Crippen LogP) is 4.56. The molecule has 0 aliphatic carbocycles. The highest BCUT2D eigenvalue weighted by Crippen LogP contribution is 2.38. The summed E-state index contributed by atoms with van der Waals surface area (Å²) in [6, 6.07) is 8.14. The number of aliphatic carboxylic acids is 1. The Hall–Kier alpha value is -3.56. The first-order valence-electron chi connectivity index (χ1n) is 11.2. The first kappa shape index (κ1) is 23.2. The van der Waals surface area contributed by atoms with Crippen molar-refractivity contribution < 1.29 is 14.3 Å². The number of anilines is 3. The van der Waals surface area contributed by atoms with Crippen molar-refractivity contribution in [2.24, 2.45) is 5.92 Å². The van der Waals surface area contributed by atoms with Gasteiger partial charge in [-0.1, -0.05) is 29.6 Å². The van der Waals surface area contributed by atoms with Crippen LogP contribution in [-0.4, -0.2) is 50.8 Å². The van der Waals surface area contributed by atoms with Crippen molar-refractivity contribution in [2.75, 3.05) is 29.9 Å². The van der Waals surface area contributed by atoms with Crippen LogP contribution in [0.1, 0.15) is 30.3 Å². The Morgan fingerprint density at radius 3 is 2.60 bits per heavy atom. The van der Waals surface area contributed by atoms with E-state index in [2.05, 4.69) is 11.0 Å². The van der Waals surface area contributed by atoms with Gasteiger partial charge in [-0.3, -0.25) is 4.79 Å². The van der Waals surface area contributed by atoms with E-state index >= 15 is 0 Å². The van der Waals surface area contributed by atoms with Gasteiger partial charge in [0.1, 0.15) is 22.5 Å². The summed E-state index contributed by atoms with van der Waals surface area (Å²) in [5.41, 5.74) is 2.05. The molecule has 0 unspecified atom stereocenters. The number of hydrogen-bond acceptors (Lipinski definition) is 9. The van der Waals surface area contributed by atoms with Gasteiger partial charge in [-0.2, -0.15) is 9.78 Å². The van der Waals surface area contributed by atoms with Crippen molar-refractivity contribution in [3.63, 3.8) is 0 Å². The number of fused-ring (bicyclic) bond motifs is 1. The number of aryl methyl sites for hydroxylation is 1. The van der Waals surface area contributed by atoms with Crippen molar-refractivity contribution in [1.29, 1.82) is 5.26 Å². The van der Waals surface area contributed by atoms with E-state index in [-0.39, 0.29) is 11.7 Å². The second-order valence-corrected chi connectivity index (χ2v) is 10.2. The lowest BCUT2D eigenvalue weighted by Crippen LogP contribution is -2.36. The third-order valence-electron chi connectivity index (χ3n) is 6.13. The number of halogens is 1. The normalized spacial score (nSPS) is 14.4. The molecule has 0 spiro atoms. The molecular weight excluding hydrogens is 489 g/mol. The molecule has 5 rings (SSSR count). The molecule has 1 aromatic carbocycles. The Bertz CT molecular complexity index is 1430. The number of carboxylic acids is 1. The van der Waals surface area contributed by atoms with Gasteiger partial charge in [-0.15, -0.1) is 5.10 Å². The summed E-state index contributed by atoms with van der Waals surface area (Å²) in [6.45, 7) is 3.30. The number of carboxylic acid groups (broad SMARTS) is 1. The summed E-state index contributed by atoms with van der Waals surface area (Å²) in [5.74, 6) is -0.622. The summed E-state index contributed by atoms with van der Waals surface area (Å²) < 4.78 is 15.2. The van der Waals surface area contributed by atoms with Crippen molar-refractivity contribution >= 4 is 49.7 Å². The van der Waals surface area contributed by atoms with Crippen LogP contribution in [0.2, 0.25) is 0 Å². The van der Waals surface area contributed by atoms with Crippen LogP contribution >= 0.6 is 22.7 Å². The number of rotatable bonds is 6. The second-order valence-electron chi connectivity index (χ2n) is 8.27. The molecule has 0 radical (unpaired) electrons. The molecule has 0 bridgehead atoms. The Morgan fingerprint density at radius 1 is 1.26 bits per heavy atom. The van der Waals surface area contributed by atoms with Gasteiger partial charge in [0.25, 0.3) is 0 Å². The molecule has 35 heavy (non-hydrogen) atoms. The highest BCUT2D eigenvalue weighted by atomic mass is 32.1. The van der Waals surface area contributed by atoms with Gasteiger partial charge in [0.05, 0.1) is 11.6 Å². The Balaban J connectivity index is 1.49. The van der Waals surface area contributed by atoms with E-state index in [0.29, 0.717) is 53.6 Å². The number of aromatic nitrogens is 4. The molecule has 9 nitrogen and oxygen atoms in total. The summed E-state index contributed by atoms with van der Waals surface area (Å²) in [5, 5.41) is 25.2. The van der Waals surface area contributed by atoms with E-state index < -0.39 is 5.97 Å². The molecule has 0 atom stereocenters. The quantitative estimate of drug-likeness (QED) is 0.401. The maximum atomic E-state index is 13.4. The smallest absolute Gasteiger partial charge is 0.306 e. The lowest BCUT2D eigenvalue weighted by Gasteiger charge is -2.29. The fourth-order valence-corrected chi connectivity index (χ4v) is 6.03. The number of imidazole rings is 1. The molecular formula is C23H22FN7O2S2. The Morgan fingerprint density at radius 2 is 1.97 bits per heavy atom. The van der Waals surface area contributed by atoms with Gasteiger partial charge in [-0.25, -0.2) is 14.4 Å². The molecule has 0 amide bonds. The van der Waals surface area contributed by atoms with E-state index in [9.17, 15) is 19.6 Å². The molecule has 4 heterocycles. The molecule has 12 heteroatoms. The first-order chi connectivity index (χ1) is 16.9. The van der Waals surface area contributed by atoms with E-state index in [1.165, 1.54) is 34.8 Å². The minimum Gasteiger partial charge on any atom is -0.481 e. The fourth-order valence-electron chi connectivity index (χ4n) is 4.21. The Labute approximate surface area is 208 Å². The number of thiazole rings is 1.